The van der Waals surface area contributed by atoms with Crippen LogP contribution in [0.5, 0.6) is 5.75 Å². The van der Waals surface area contributed by atoms with Gasteiger partial charge in [-0.25, -0.2) is 0 Å². The Kier molecular flexibility index (Phi) is 9.56. The van der Waals surface area contributed by atoms with Gasteiger partial charge in [-0.15, -0.1) is 0 Å². The average Bonchev–Trinajstić information content (AvgIpc) is 2.85. The molecule has 0 aromatic heterocycles. The predicted octanol–water partition coefficient (Wildman–Crippen LogP) is 4.32. The molecule has 0 bridgehead atoms. The summed E-state index contributed by atoms with van der Waals surface area (Å²) in [5, 5.41) is 12.2. The maximum atomic E-state index is 13.5. The smallest absolute Gasteiger partial charge is 0.389 e. The third kappa shape index (κ3) is 8.19. The van der Waals surface area contributed by atoms with E-state index in [0.717, 1.165) is 5.56 Å². The molecule has 2 N–H and O–H groups in total. The first-order chi connectivity index (χ1) is 17.5. The number of amides is 2. The average molecular weight is 522 g/mol. The molecule has 0 fully saturated rings. The fraction of sp³-hybridized carbons (Fsp3) is 0.481. The van der Waals surface area contributed by atoms with Crippen molar-refractivity contribution in [1.29, 1.82) is 0 Å². The normalized spacial score (nSPS) is 19.0. The molecular weight excluding hydrogens is 487 g/mol. The van der Waals surface area contributed by atoms with Crippen LogP contribution < -0.4 is 10.1 Å². The molecule has 37 heavy (non-hydrogen) atoms. The van der Waals surface area contributed by atoms with E-state index in [4.69, 9.17) is 4.74 Å². The molecule has 1 aliphatic heterocycles. The Morgan fingerprint density at radius 2 is 1.95 bits per heavy atom. The van der Waals surface area contributed by atoms with Crippen LogP contribution in [-0.2, 0) is 11.3 Å². The number of rotatable bonds is 9. The number of halogens is 3. The maximum absolute atomic E-state index is 13.5. The summed E-state index contributed by atoms with van der Waals surface area (Å²) in [5.74, 6) is -0.929. The minimum atomic E-state index is -4.44. The molecule has 2 amide bonds. The van der Waals surface area contributed by atoms with E-state index in [-0.39, 0.29) is 35.8 Å². The van der Waals surface area contributed by atoms with Crippen molar-refractivity contribution in [3.63, 3.8) is 0 Å². The summed E-state index contributed by atoms with van der Waals surface area (Å²) in [4.78, 5) is 29.2. The Hall–Kier alpha value is -3.11. The van der Waals surface area contributed by atoms with Crippen molar-refractivity contribution in [3.05, 3.63) is 59.7 Å². The summed E-state index contributed by atoms with van der Waals surface area (Å²) in [7, 11) is 1.99. The van der Waals surface area contributed by atoms with Crippen LogP contribution in [0.4, 0.5) is 18.9 Å². The Morgan fingerprint density at radius 1 is 1.24 bits per heavy atom. The van der Waals surface area contributed by atoms with Gasteiger partial charge in [-0.2, -0.15) is 13.2 Å². The van der Waals surface area contributed by atoms with Gasteiger partial charge < -0.3 is 20.1 Å². The van der Waals surface area contributed by atoms with Crippen molar-refractivity contribution in [2.75, 3.05) is 32.1 Å². The number of ether oxygens (including phenoxy) is 1. The molecule has 1 heterocycles. The number of hydrogen-bond donors (Lipinski definition) is 2. The number of carbonyl (C=O) groups excluding carboxylic acids is 2. The predicted molar refractivity (Wildman–Crippen MR) is 134 cm³/mol. The molecule has 0 aliphatic carbocycles. The molecule has 0 unspecified atom stereocenters. The molecule has 0 saturated carbocycles. The molecule has 3 atom stereocenters. The minimum absolute atomic E-state index is 0.0638. The van der Waals surface area contributed by atoms with Crippen LogP contribution in [0.15, 0.2) is 48.5 Å². The van der Waals surface area contributed by atoms with E-state index in [1.807, 2.05) is 44.3 Å². The van der Waals surface area contributed by atoms with Gasteiger partial charge in [-0.1, -0.05) is 37.3 Å². The van der Waals surface area contributed by atoms with E-state index in [0.29, 0.717) is 25.4 Å². The fourth-order valence-corrected chi connectivity index (χ4v) is 4.26. The van der Waals surface area contributed by atoms with E-state index >= 15 is 0 Å². The van der Waals surface area contributed by atoms with E-state index in [1.165, 1.54) is 12.1 Å². The quantitative estimate of drug-likeness (QED) is 0.514. The van der Waals surface area contributed by atoms with Gasteiger partial charge >= 0.3 is 6.18 Å². The topological polar surface area (TPSA) is 82.1 Å². The summed E-state index contributed by atoms with van der Waals surface area (Å²) >= 11 is 0. The first-order valence-electron chi connectivity index (χ1n) is 12.3. The lowest BCUT2D eigenvalue weighted by Crippen LogP contribution is -2.49. The number of nitrogens with one attached hydrogen (secondary N) is 1. The highest BCUT2D eigenvalue weighted by Crippen LogP contribution is 2.31. The second kappa shape index (κ2) is 12.4. The third-order valence-electron chi connectivity index (χ3n) is 6.37. The van der Waals surface area contributed by atoms with Gasteiger partial charge in [0.1, 0.15) is 11.9 Å². The van der Waals surface area contributed by atoms with Crippen molar-refractivity contribution in [2.24, 2.45) is 5.92 Å². The van der Waals surface area contributed by atoms with Crippen molar-refractivity contribution < 1.29 is 32.6 Å². The van der Waals surface area contributed by atoms with Crippen LogP contribution in [0.3, 0.4) is 0 Å². The molecule has 2 aromatic rings. The third-order valence-corrected chi connectivity index (χ3v) is 6.37. The van der Waals surface area contributed by atoms with Crippen LogP contribution in [0.2, 0.25) is 0 Å². The SMILES string of the molecule is C[C@H](CO)N1C[C@H](C)[C@@H](CN(C)Cc2ccccc2)Oc2ccc(NC(=O)CCC(F)(F)F)cc2C1=O. The van der Waals surface area contributed by atoms with Crippen molar-refractivity contribution in [1.82, 2.24) is 9.80 Å². The van der Waals surface area contributed by atoms with Gasteiger partial charge in [-0.3, -0.25) is 14.5 Å². The lowest BCUT2D eigenvalue weighted by Gasteiger charge is -2.38. The van der Waals surface area contributed by atoms with Crippen LogP contribution in [0.25, 0.3) is 0 Å². The van der Waals surface area contributed by atoms with E-state index in [2.05, 4.69) is 10.2 Å². The summed E-state index contributed by atoms with van der Waals surface area (Å²) in [5.41, 5.74) is 1.53. The highest BCUT2D eigenvalue weighted by molar-refractivity contribution is 5.99. The number of fused-ring (bicyclic) bond motifs is 1. The van der Waals surface area contributed by atoms with Gasteiger partial charge in [0.15, 0.2) is 0 Å². The highest BCUT2D eigenvalue weighted by Gasteiger charge is 2.34. The van der Waals surface area contributed by atoms with Crippen molar-refractivity contribution >= 4 is 17.5 Å². The largest absolute Gasteiger partial charge is 0.488 e. The number of aliphatic hydroxyl groups excluding tert-OH is 1. The number of benzene rings is 2. The fourth-order valence-electron chi connectivity index (χ4n) is 4.26. The number of hydrogen-bond acceptors (Lipinski definition) is 5. The Labute approximate surface area is 215 Å². The number of carbonyl (C=O) groups is 2. The first kappa shape index (κ1) is 28.5. The molecular formula is C27H34F3N3O4. The van der Waals surface area contributed by atoms with E-state index < -0.39 is 31.0 Å². The Bertz CT molecular complexity index is 1060. The Balaban J connectivity index is 1.84. The molecule has 3 rings (SSSR count). The van der Waals surface area contributed by atoms with Crippen LogP contribution >= 0.6 is 0 Å². The number of alkyl halides is 3. The standard InChI is InChI=1S/C27H34F3N3O4/c1-18-14-33(19(2)17-34)26(36)22-13-21(31-25(35)11-12-27(28,29)30)9-10-23(22)37-24(18)16-32(3)15-20-7-5-4-6-8-20/h4-10,13,18-19,24,34H,11-12,14-17H2,1-3H3,(H,31,35)/t18-,19+,24+/m0/s1. The van der Waals surface area contributed by atoms with Gasteiger partial charge in [0.25, 0.3) is 5.91 Å². The molecule has 10 heteroatoms. The molecule has 0 saturated heterocycles. The number of nitrogens with zero attached hydrogens (tertiary/aromatic N) is 2. The number of aliphatic hydroxyl groups is 1. The molecule has 7 nitrogen and oxygen atoms in total. The summed E-state index contributed by atoms with van der Waals surface area (Å²) in [6.07, 6.45) is -6.68. The van der Waals surface area contributed by atoms with Crippen LogP contribution in [0, 0.1) is 5.92 Å². The van der Waals surface area contributed by atoms with E-state index in [9.17, 15) is 27.9 Å². The van der Waals surface area contributed by atoms with Gasteiger partial charge in [-0.05, 0) is 37.7 Å². The van der Waals surface area contributed by atoms with Crippen LogP contribution in [-0.4, -0.2) is 71.8 Å². The zero-order chi connectivity index (χ0) is 27.2. The summed E-state index contributed by atoms with van der Waals surface area (Å²) in [6, 6.07) is 14.0. The van der Waals surface area contributed by atoms with Gasteiger partial charge in [0, 0.05) is 37.7 Å². The molecule has 1 aliphatic rings. The monoisotopic (exact) mass is 521 g/mol. The second-order valence-corrected chi connectivity index (χ2v) is 9.68. The summed E-state index contributed by atoms with van der Waals surface area (Å²) < 4.78 is 43.8. The van der Waals surface area contributed by atoms with Gasteiger partial charge in [0.05, 0.1) is 24.6 Å². The molecule has 0 radical (unpaired) electrons. The lowest BCUT2D eigenvalue weighted by atomic mass is 9.99. The molecule has 2 aromatic carbocycles. The minimum Gasteiger partial charge on any atom is -0.488 e. The highest BCUT2D eigenvalue weighted by atomic mass is 19.4. The molecule has 0 spiro atoms. The maximum Gasteiger partial charge on any atom is 0.389 e. The first-order valence-corrected chi connectivity index (χ1v) is 12.3. The lowest BCUT2D eigenvalue weighted by molar-refractivity contribution is -0.142. The van der Waals surface area contributed by atoms with Crippen molar-refractivity contribution in [3.8, 4) is 5.75 Å². The zero-order valence-corrected chi connectivity index (χ0v) is 21.3. The number of likely N-dealkylation sites (N-methyl/N-ethyl adjacent to an activating group) is 1. The Morgan fingerprint density at radius 3 is 2.59 bits per heavy atom. The number of anilines is 1. The van der Waals surface area contributed by atoms with Gasteiger partial charge in [0.2, 0.25) is 5.91 Å². The second-order valence-electron chi connectivity index (χ2n) is 9.68. The zero-order valence-electron chi connectivity index (χ0n) is 21.3. The molecule has 202 valence electrons. The van der Waals surface area contributed by atoms with Crippen molar-refractivity contribution in [2.45, 2.75) is 51.6 Å². The van der Waals surface area contributed by atoms with Crippen LogP contribution in [0.1, 0.15) is 42.6 Å². The van der Waals surface area contributed by atoms with E-state index in [1.54, 1.807) is 17.9 Å². The summed E-state index contributed by atoms with van der Waals surface area (Å²) in [6.45, 7) is 5.12.